The standard InChI is InChI=1S/C19H17ClN2O/c1-11(21-2)9-16-13-8-7-12(20)10-17(13)22-18(16)14-5-3-4-6-15(14)19(22)23/h3-8,10-11,21H,9H2,1-2H3. The molecule has 0 fully saturated rings. The lowest BCUT2D eigenvalue weighted by Gasteiger charge is -2.11. The molecule has 1 aliphatic heterocycles. The molecule has 3 aromatic rings. The van der Waals surface area contributed by atoms with Gasteiger partial charge >= 0.3 is 0 Å². The first-order chi connectivity index (χ1) is 11.1. The number of halogens is 1. The van der Waals surface area contributed by atoms with Crippen molar-refractivity contribution in [2.45, 2.75) is 19.4 Å². The highest BCUT2D eigenvalue weighted by molar-refractivity contribution is 6.31. The van der Waals surface area contributed by atoms with Gasteiger partial charge in [-0.25, -0.2) is 0 Å². The second-order valence-corrected chi connectivity index (χ2v) is 6.51. The average molecular weight is 325 g/mol. The first kappa shape index (κ1) is 14.5. The van der Waals surface area contributed by atoms with Crippen LogP contribution in [0.2, 0.25) is 5.02 Å². The van der Waals surface area contributed by atoms with Gasteiger partial charge in [0.2, 0.25) is 0 Å². The maximum Gasteiger partial charge on any atom is 0.263 e. The molecular weight excluding hydrogens is 308 g/mol. The van der Waals surface area contributed by atoms with Crippen LogP contribution in [0.15, 0.2) is 42.5 Å². The summed E-state index contributed by atoms with van der Waals surface area (Å²) in [5, 5.41) is 5.04. The van der Waals surface area contributed by atoms with E-state index in [1.807, 2.05) is 54.1 Å². The molecule has 1 aliphatic rings. The number of benzene rings is 2. The molecule has 0 bridgehead atoms. The number of carbonyl (C=O) groups is 1. The van der Waals surface area contributed by atoms with Gasteiger partial charge in [0, 0.05) is 27.6 Å². The van der Waals surface area contributed by atoms with E-state index in [9.17, 15) is 4.79 Å². The lowest BCUT2D eigenvalue weighted by molar-refractivity contribution is 0.0973. The monoisotopic (exact) mass is 324 g/mol. The Labute approximate surface area is 139 Å². The lowest BCUT2D eigenvalue weighted by atomic mass is 9.98. The highest BCUT2D eigenvalue weighted by Crippen LogP contribution is 2.42. The van der Waals surface area contributed by atoms with Crippen molar-refractivity contribution in [3.05, 3.63) is 58.6 Å². The third kappa shape index (κ3) is 2.04. The molecule has 0 spiro atoms. The van der Waals surface area contributed by atoms with Gasteiger partial charge in [0.05, 0.1) is 11.2 Å². The summed E-state index contributed by atoms with van der Waals surface area (Å²) in [4.78, 5) is 12.9. The number of likely N-dealkylation sites (N-methyl/N-ethyl adjacent to an activating group) is 1. The fraction of sp³-hybridized carbons (Fsp3) is 0.211. The van der Waals surface area contributed by atoms with Crippen molar-refractivity contribution < 1.29 is 4.79 Å². The molecule has 0 aliphatic carbocycles. The quantitative estimate of drug-likeness (QED) is 0.615. The highest BCUT2D eigenvalue weighted by atomic mass is 35.5. The zero-order chi connectivity index (χ0) is 16.1. The van der Waals surface area contributed by atoms with Gasteiger partial charge in [0.1, 0.15) is 0 Å². The fourth-order valence-electron chi connectivity index (χ4n) is 3.43. The smallest absolute Gasteiger partial charge is 0.263 e. The SMILES string of the molecule is CNC(C)Cc1c2n(c3cc(Cl)ccc13)C(=O)c1ccccc1-2. The minimum atomic E-state index is 0.0335. The molecule has 116 valence electrons. The van der Waals surface area contributed by atoms with E-state index < -0.39 is 0 Å². The largest absolute Gasteiger partial charge is 0.317 e. The van der Waals surface area contributed by atoms with Gasteiger partial charge < -0.3 is 5.32 Å². The number of nitrogens with one attached hydrogen (secondary N) is 1. The Hall–Kier alpha value is -2.10. The summed E-state index contributed by atoms with van der Waals surface area (Å²) in [6.07, 6.45) is 0.860. The third-order valence-electron chi connectivity index (χ3n) is 4.65. The van der Waals surface area contributed by atoms with E-state index in [-0.39, 0.29) is 5.91 Å². The molecule has 1 unspecified atom stereocenters. The molecule has 0 saturated carbocycles. The summed E-state index contributed by atoms with van der Waals surface area (Å²) in [6.45, 7) is 2.15. The number of rotatable bonds is 3. The van der Waals surface area contributed by atoms with Crippen molar-refractivity contribution in [1.29, 1.82) is 0 Å². The molecule has 0 radical (unpaired) electrons. The van der Waals surface area contributed by atoms with Gasteiger partial charge in [-0.05, 0) is 44.2 Å². The number of nitrogens with zero attached hydrogens (tertiary/aromatic N) is 1. The van der Waals surface area contributed by atoms with Crippen LogP contribution >= 0.6 is 11.6 Å². The Morgan fingerprint density at radius 1 is 1.17 bits per heavy atom. The molecule has 0 amide bonds. The molecule has 3 nitrogen and oxygen atoms in total. The molecule has 4 rings (SSSR count). The van der Waals surface area contributed by atoms with E-state index in [1.54, 1.807) is 0 Å². The lowest BCUT2D eigenvalue weighted by Crippen LogP contribution is -2.23. The first-order valence-electron chi connectivity index (χ1n) is 7.76. The maximum absolute atomic E-state index is 12.9. The number of fused-ring (bicyclic) bond motifs is 5. The minimum absolute atomic E-state index is 0.0335. The normalized spacial score (nSPS) is 14.1. The van der Waals surface area contributed by atoms with Crippen LogP contribution in [0.1, 0.15) is 22.8 Å². The highest BCUT2D eigenvalue weighted by Gasteiger charge is 2.32. The van der Waals surface area contributed by atoms with Gasteiger partial charge in [-0.2, -0.15) is 0 Å². The van der Waals surface area contributed by atoms with Crippen molar-refractivity contribution in [2.75, 3.05) is 7.05 Å². The maximum atomic E-state index is 12.9. The van der Waals surface area contributed by atoms with Crippen LogP contribution in [0.25, 0.3) is 22.2 Å². The van der Waals surface area contributed by atoms with Gasteiger partial charge in [-0.1, -0.05) is 35.9 Å². The molecule has 4 heteroatoms. The Kier molecular flexibility index (Phi) is 3.29. The summed E-state index contributed by atoms with van der Waals surface area (Å²) >= 11 is 6.18. The molecule has 2 heterocycles. The summed E-state index contributed by atoms with van der Waals surface area (Å²) in [6, 6.07) is 13.9. The Morgan fingerprint density at radius 2 is 1.91 bits per heavy atom. The number of hydrogen-bond acceptors (Lipinski definition) is 2. The molecule has 23 heavy (non-hydrogen) atoms. The third-order valence-corrected chi connectivity index (χ3v) is 4.89. The predicted molar refractivity (Wildman–Crippen MR) is 94.3 cm³/mol. The minimum Gasteiger partial charge on any atom is -0.317 e. The molecule has 0 saturated heterocycles. The van der Waals surface area contributed by atoms with Crippen molar-refractivity contribution in [3.63, 3.8) is 0 Å². The van der Waals surface area contributed by atoms with Gasteiger partial charge in [-0.3, -0.25) is 9.36 Å². The molecule has 1 atom stereocenters. The fourth-order valence-corrected chi connectivity index (χ4v) is 3.60. The van der Waals surface area contributed by atoms with Crippen LogP contribution in [0.5, 0.6) is 0 Å². The van der Waals surface area contributed by atoms with Crippen LogP contribution < -0.4 is 5.32 Å². The summed E-state index contributed by atoms with van der Waals surface area (Å²) in [5.74, 6) is 0.0335. The Morgan fingerprint density at radius 3 is 2.65 bits per heavy atom. The zero-order valence-electron chi connectivity index (χ0n) is 13.1. The topological polar surface area (TPSA) is 34.0 Å². The molecule has 1 aromatic heterocycles. The second kappa shape index (κ2) is 5.22. The van der Waals surface area contributed by atoms with Crippen LogP contribution in [0.4, 0.5) is 0 Å². The van der Waals surface area contributed by atoms with E-state index in [0.717, 1.165) is 34.1 Å². The Bertz CT molecular complexity index is 942. The summed E-state index contributed by atoms with van der Waals surface area (Å²) < 4.78 is 1.82. The second-order valence-electron chi connectivity index (χ2n) is 6.07. The van der Waals surface area contributed by atoms with Crippen molar-refractivity contribution >= 4 is 28.4 Å². The molecular formula is C19H17ClN2O. The van der Waals surface area contributed by atoms with Crippen LogP contribution in [-0.2, 0) is 6.42 Å². The predicted octanol–water partition coefficient (Wildman–Crippen LogP) is 4.11. The van der Waals surface area contributed by atoms with Gasteiger partial charge in [0.25, 0.3) is 5.91 Å². The van der Waals surface area contributed by atoms with E-state index in [4.69, 9.17) is 11.6 Å². The average Bonchev–Trinajstić information content (AvgIpc) is 3.02. The van der Waals surface area contributed by atoms with Crippen LogP contribution in [0.3, 0.4) is 0 Å². The summed E-state index contributed by atoms with van der Waals surface area (Å²) in [7, 11) is 1.96. The zero-order valence-corrected chi connectivity index (χ0v) is 13.8. The van der Waals surface area contributed by atoms with E-state index in [2.05, 4.69) is 12.2 Å². The molecule has 1 N–H and O–H groups in total. The van der Waals surface area contributed by atoms with E-state index in [1.165, 1.54) is 5.56 Å². The van der Waals surface area contributed by atoms with Crippen molar-refractivity contribution in [2.24, 2.45) is 0 Å². The number of aromatic nitrogens is 1. The van der Waals surface area contributed by atoms with E-state index >= 15 is 0 Å². The van der Waals surface area contributed by atoms with Crippen molar-refractivity contribution in [1.82, 2.24) is 9.88 Å². The first-order valence-corrected chi connectivity index (χ1v) is 8.14. The summed E-state index contributed by atoms with van der Waals surface area (Å²) in [5.41, 5.74) is 4.90. The van der Waals surface area contributed by atoms with Gasteiger partial charge in [0.15, 0.2) is 0 Å². The van der Waals surface area contributed by atoms with Gasteiger partial charge in [-0.15, -0.1) is 0 Å². The van der Waals surface area contributed by atoms with Crippen LogP contribution in [0, 0.1) is 0 Å². The Balaban J connectivity index is 2.08. The van der Waals surface area contributed by atoms with E-state index in [0.29, 0.717) is 11.1 Å². The van der Waals surface area contributed by atoms with Crippen LogP contribution in [-0.4, -0.2) is 23.6 Å². The number of carbonyl (C=O) groups excluding carboxylic acids is 1. The number of hydrogen-bond donors (Lipinski definition) is 1. The molecule has 2 aromatic carbocycles. The van der Waals surface area contributed by atoms with Crippen molar-refractivity contribution in [3.8, 4) is 11.3 Å².